The molecule has 2 fully saturated rings. The minimum atomic E-state index is -0.124. The number of hydrogen-bond donors (Lipinski definition) is 2. The molecule has 120 valence electrons. The lowest BCUT2D eigenvalue weighted by Gasteiger charge is -2.43. The summed E-state index contributed by atoms with van der Waals surface area (Å²) in [5.74, 6) is -0.206. The number of H-pyrrole nitrogens is 1. The van der Waals surface area contributed by atoms with Crippen molar-refractivity contribution < 1.29 is 14.0 Å². The first-order chi connectivity index (χ1) is 11.1. The van der Waals surface area contributed by atoms with E-state index in [2.05, 4.69) is 10.3 Å². The van der Waals surface area contributed by atoms with Crippen molar-refractivity contribution in [3.8, 4) is 0 Å². The molecule has 6 nitrogen and oxygen atoms in total. The van der Waals surface area contributed by atoms with Gasteiger partial charge >= 0.3 is 0 Å². The number of carbonyl (C=O) groups is 2. The van der Waals surface area contributed by atoms with E-state index in [-0.39, 0.29) is 35.3 Å². The van der Waals surface area contributed by atoms with Crippen LogP contribution in [0, 0.1) is 4.84 Å². The van der Waals surface area contributed by atoms with Crippen molar-refractivity contribution >= 4 is 35.1 Å². The third kappa shape index (κ3) is 2.55. The highest BCUT2D eigenvalue weighted by Crippen LogP contribution is 2.27. The van der Waals surface area contributed by atoms with Gasteiger partial charge in [0.15, 0.2) is 5.58 Å². The summed E-state index contributed by atoms with van der Waals surface area (Å²) in [5, 5.41) is 3.02. The monoisotopic (exact) mass is 331 g/mol. The SMILES string of the molecule is O=C1CN(C(=O)c2ccc3[nH]c(=S)oc3c2)C2CCCCC2N1. The van der Waals surface area contributed by atoms with Crippen LogP contribution in [0.25, 0.3) is 11.1 Å². The highest BCUT2D eigenvalue weighted by molar-refractivity contribution is 7.71. The van der Waals surface area contributed by atoms with Crippen LogP contribution in [-0.4, -0.2) is 40.3 Å². The van der Waals surface area contributed by atoms with Crippen LogP contribution in [0.5, 0.6) is 0 Å². The largest absolute Gasteiger partial charge is 0.429 e. The van der Waals surface area contributed by atoms with E-state index in [1.807, 2.05) is 0 Å². The molecule has 2 heterocycles. The van der Waals surface area contributed by atoms with E-state index in [9.17, 15) is 9.59 Å². The summed E-state index contributed by atoms with van der Waals surface area (Å²) in [7, 11) is 0. The second kappa shape index (κ2) is 5.49. The summed E-state index contributed by atoms with van der Waals surface area (Å²) in [4.78, 5) is 29.8. The normalized spacial score (nSPS) is 24.3. The number of nitrogens with one attached hydrogen (secondary N) is 2. The summed E-state index contributed by atoms with van der Waals surface area (Å²) in [6, 6.07) is 5.38. The smallest absolute Gasteiger partial charge is 0.266 e. The first-order valence-electron chi connectivity index (χ1n) is 7.85. The van der Waals surface area contributed by atoms with Crippen molar-refractivity contribution in [1.82, 2.24) is 15.2 Å². The van der Waals surface area contributed by atoms with Gasteiger partial charge in [-0.25, -0.2) is 0 Å². The number of amides is 2. The van der Waals surface area contributed by atoms with Gasteiger partial charge in [0.1, 0.15) is 6.54 Å². The Hall–Kier alpha value is -2.15. The van der Waals surface area contributed by atoms with Crippen molar-refractivity contribution in [2.75, 3.05) is 6.54 Å². The van der Waals surface area contributed by atoms with Crippen LogP contribution >= 0.6 is 12.2 Å². The van der Waals surface area contributed by atoms with Crippen LogP contribution in [0.15, 0.2) is 22.6 Å². The molecule has 2 N–H and O–H groups in total. The second-order valence-electron chi connectivity index (χ2n) is 6.18. The van der Waals surface area contributed by atoms with Crippen LogP contribution in [0.3, 0.4) is 0 Å². The Labute approximate surface area is 137 Å². The predicted molar refractivity (Wildman–Crippen MR) is 86.6 cm³/mol. The first-order valence-corrected chi connectivity index (χ1v) is 8.26. The molecule has 0 radical (unpaired) electrons. The molecular weight excluding hydrogens is 314 g/mol. The first kappa shape index (κ1) is 14.4. The third-order valence-corrected chi connectivity index (χ3v) is 4.90. The molecule has 2 aliphatic rings. The van der Waals surface area contributed by atoms with E-state index in [1.54, 1.807) is 23.1 Å². The Morgan fingerprint density at radius 3 is 3.00 bits per heavy atom. The van der Waals surface area contributed by atoms with E-state index in [1.165, 1.54) is 0 Å². The van der Waals surface area contributed by atoms with Gasteiger partial charge in [-0.2, -0.15) is 0 Å². The molecular formula is C16H17N3O3S. The highest BCUT2D eigenvalue weighted by Gasteiger charge is 2.39. The summed E-state index contributed by atoms with van der Waals surface area (Å²) in [6.07, 6.45) is 4.06. The fourth-order valence-corrected chi connectivity index (χ4v) is 3.84. The number of hydrogen-bond acceptors (Lipinski definition) is 4. The molecule has 7 heteroatoms. The average molecular weight is 331 g/mol. The quantitative estimate of drug-likeness (QED) is 0.787. The van der Waals surface area contributed by atoms with Gasteiger partial charge in [-0.3, -0.25) is 9.59 Å². The molecule has 1 aromatic carbocycles. The van der Waals surface area contributed by atoms with Gasteiger partial charge < -0.3 is 19.6 Å². The highest BCUT2D eigenvalue weighted by atomic mass is 32.1. The average Bonchev–Trinajstić information content (AvgIpc) is 2.92. The zero-order valence-electron chi connectivity index (χ0n) is 12.5. The number of aromatic nitrogens is 1. The van der Waals surface area contributed by atoms with Crippen LogP contribution in [0.1, 0.15) is 36.0 Å². The molecule has 0 bridgehead atoms. The fraction of sp³-hybridized carbons (Fsp3) is 0.438. The summed E-state index contributed by atoms with van der Waals surface area (Å²) in [5.41, 5.74) is 1.84. The third-order valence-electron chi connectivity index (χ3n) is 4.72. The van der Waals surface area contributed by atoms with Crippen LogP contribution in [0.2, 0.25) is 0 Å². The van der Waals surface area contributed by atoms with Gasteiger partial charge in [0, 0.05) is 11.6 Å². The van der Waals surface area contributed by atoms with E-state index in [0.717, 1.165) is 31.2 Å². The lowest BCUT2D eigenvalue weighted by atomic mass is 9.87. The minimum Gasteiger partial charge on any atom is -0.429 e. The molecule has 2 atom stereocenters. The van der Waals surface area contributed by atoms with E-state index >= 15 is 0 Å². The fourth-order valence-electron chi connectivity index (χ4n) is 3.64. The Bertz CT molecular complexity index is 840. The van der Waals surface area contributed by atoms with Gasteiger partial charge in [0.2, 0.25) is 5.91 Å². The number of carbonyl (C=O) groups excluding carboxylic acids is 2. The maximum absolute atomic E-state index is 12.9. The number of oxazole rings is 1. The van der Waals surface area contributed by atoms with Gasteiger partial charge in [-0.15, -0.1) is 0 Å². The van der Waals surface area contributed by atoms with Gasteiger partial charge in [-0.1, -0.05) is 12.8 Å². The lowest BCUT2D eigenvalue weighted by Crippen LogP contribution is -2.62. The number of benzene rings is 1. The summed E-state index contributed by atoms with van der Waals surface area (Å²) in [6.45, 7) is 0.120. The van der Waals surface area contributed by atoms with Gasteiger partial charge in [0.05, 0.1) is 11.6 Å². The van der Waals surface area contributed by atoms with E-state index in [0.29, 0.717) is 11.1 Å². The Morgan fingerprint density at radius 1 is 1.30 bits per heavy atom. The number of rotatable bonds is 1. The maximum atomic E-state index is 12.9. The van der Waals surface area contributed by atoms with Gasteiger partial charge in [0.25, 0.3) is 10.7 Å². The number of aromatic amines is 1. The number of nitrogens with zero attached hydrogens (tertiary/aromatic N) is 1. The Balaban J connectivity index is 1.67. The topological polar surface area (TPSA) is 78.3 Å². The number of piperazine rings is 1. The molecule has 4 rings (SSSR count). The minimum absolute atomic E-state index is 0.0777. The summed E-state index contributed by atoms with van der Waals surface area (Å²) < 4.78 is 5.38. The zero-order chi connectivity index (χ0) is 16.0. The zero-order valence-corrected chi connectivity index (χ0v) is 13.3. The molecule has 0 spiro atoms. The molecule has 2 amide bonds. The molecule has 1 aliphatic heterocycles. The van der Waals surface area contributed by atoms with Crippen LogP contribution in [0.4, 0.5) is 0 Å². The molecule has 2 aromatic rings. The van der Waals surface area contributed by atoms with Crippen molar-refractivity contribution in [2.45, 2.75) is 37.8 Å². The van der Waals surface area contributed by atoms with Crippen molar-refractivity contribution in [1.29, 1.82) is 0 Å². The molecule has 1 saturated carbocycles. The van der Waals surface area contributed by atoms with Crippen LogP contribution in [-0.2, 0) is 4.79 Å². The van der Waals surface area contributed by atoms with Crippen LogP contribution < -0.4 is 5.32 Å². The Kier molecular flexibility index (Phi) is 3.45. The van der Waals surface area contributed by atoms with Crippen molar-refractivity contribution in [3.05, 3.63) is 28.6 Å². The van der Waals surface area contributed by atoms with Crippen molar-refractivity contribution in [2.24, 2.45) is 0 Å². The molecule has 1 aromatic heterocycles. The van der Waals surface area contributed by atoms with Crippen molar-refractivity contribution in [3.63, 3.8) is 0 Å². The van der Waals surface area contributed by atoms with E-state index < -0.39 is 0 Å². The molecule has 23 heavy (non-hydrogen) atoms. The molecule has 1 saturated heterocycles. The molecule has 2 unspecified atom stereocenters. The predicted octanol–water partition coefficient (Wildman–Crippen LogP) is 2.37. The molecule has 1 aliphatic carbocycles. The summed E-state index contributed by atoms with van der Waals surface area (Å²) >= 11 is 4.97. The lowest BCUT2D eigenvalue weighted by molar-refractivity contribution is -0.127. The Morgan fingerprint density at radius 2 is 2.13 bits per heavy atom. The van der Waals surface area contributed by atoms with Gasteiger partial charge in [-0.05, 0) is 43.3 Å². The standard InChI is InChI=1S/C16H17N3O3S/c20-14-8-19(12-4-2-1-3-10(12)17-14)15(21)9-5-6-11-13(7-9)22-16(23)18-11/h5-7,10,12H,1-4,8H2,(H,17,20)(H,18,23). The maximum Gasteiger partial charge on any atom is 0.266 e. The van der Waals surface area contributed by atoms with E-state index in [4.69, 9.17) is 16.6 Å². The number of fused-ring (bicyclic) bond motifs is 2. The second-order valence-corrected chi connectivity index (χ2v) is 6.56.